The summed E-state index contributed by atoms with van der Waals surface area (Å²) >= 11 is 4.03. The summed E-state index contributed by atoms with van der Waals surface area (Å²) in [7, 11) is 0. The van der Waals surface area contributed by atoms with Gasteiger partial charge in [0, 0.05) is 5.75 Å². The number of rotatable bonds is 10. The quantitative estimate of drug-likeness (QED) is 0.207. The molecule has 0 aromatic rings. The van der Waals surface area contributed by atoms with Gasteiger partial charge in [-0.1, -0.05) is 13.8 Å². The Hall–Kier alpha value is -1.85. The zero-order chi connectivity index (χ0) is 21.4. The van der Waals surface area contributed by atoms with Gasteiger partial charge in [-0.15, -0.1) is 0 Å². The number of hydrogen-bond acceptors (Lipinski definition) is 7. The second-order valence-corrected chi connectivity index (χ2v) is 7.55. The monoisotopic (exact) mass is 418 g/mol. The van der Waals surface area contributed by atoms with Crippen LogP contribution in [0.15, 0.2) is 0 Å². The molecule has 28 heavy (non-hydrogen) atoms. The number of aliphatic hydroxyl groups is 1. The molecule has 0 aromatic carbocycles. The maximum absolute atomic E-state index is 12.6. The molecule has 0 saturated carbocycles. The second kappa shape index (κ2) is 11.2. The maximum atomic E-state index is 12.6. The minimum Gasteiger partial charge on any atom is -0.480 e. The van der Waals surface area contributed by atoms with Crippen molar-refractivity contribution in [2.24, 2.45) is 5.92 Å². The average Bonchev–Trinajstić information content (AvgIpc) is 3.15. The molecule has 1 heterocycles. The van der Waals surface area contributed by atoms with Crippen molar-refractivity contribution in [3.8, 4) is 0 Å². The van der Waals surface area contributed by atoms with Gasteiger partial charge >= 0.3 is 5.97 Å². The summed E-state index contributed by atoms with van der Waals surface area (Å²) in [5, 5.41) is 29.0. The van der Waals surface area contributed by atoms with Crippen LogP contribution in [0.4, 0.5) is 0 Å². The molecule has 11 heteroatoms. The molecule has 10 nitrogen and oxygen atoms in total. The molecule has 3 amide bonds. The normalized spacial score (nSPS) is 20.7. The van der Waals surface area contributed by atoms with E-state index in [0.717, 1.165) is 13.0 Å². The molecule has 0 aromatic heterocycles. The zero-order valence-corrected chi connectivity index (χ0v) is 17.2. The molecule has 0 spiro atoms. The van der Waals surface area contributed by atoms with Crippen LogP contribution in [0.3, 0.4) is 0 Å². The molecule has 1 saturated heterocycles. The van der Waals surface area contributed by atoms with Crippen molar-refractivity contribution < 1.29 is 29.4 Å². The Labute approximate surface area is 169 Å². The Morgan fingerprint density at radius 1 is 1.07 bits per heavy atom. The van der Waals surface area contributed by atoms with Gasteiger partial charge in [0.2, 0.25) is 17.7 Å². The number of hydrogen-bond donors (Lipinski definition) is 7. The van der Waals surface area contributed by atoms with Crippen LogP contribution in [-0.4, -0.2) is 76.5 Å². The van der Waals surface area contributed by atoms with Crippen LogP contribution < -0.4 is 21.3 Å². The third-order valence-electron chi connectivity index (χ3n) is 4.49. The Bertz CT molecular complexity index is 580. The number of carbonyl (C=O) groups excluding carboxylic acids is 3. The molecule has 1 aliphatic heterocycles. The van der Waals surface area contributed by atoms with Crippen LogP contribution in [0.2, 0.25) is 0 Å². The third-order valence-corrected chi connectivity index (χ3v) is 4.85. The number of amides is 3. The standard InChI is InChI=1S/C17H30N4O6S/c1-8(2)12(20-14(23)10-5-4-6-18-10)16(25)19-11(7-28)15(24)21-13(9(3)22)17(26)27/h8-13,18,22,28H,4-7H2,1-3H3,(H,19,25)(H,20,23)(H,21,24)(H,26,27). The predicted molar refractivity (Wildman–Crippen MR) is 105 cm³/mol. The van der Waals surface area contributed by atoms with E-state index >= 15 is 0 Å². The van der Waals surface area contributed by atoms with E-state index in [2.05, 4.69) is 33.9 Å². The van der Waals surface area contributed by atoms with Gasteiger partial charge in [-0.05, 0) is 32.2 Å². The lowest BCUT2D eigenvalue weighted by Crippen LogP contribution is -2.59. The number of carboxylic acids is 1. The number of thiol groups is 1. The lowest BCUT2D eigenvalue weighted by Gasteiger charge is -2.26. The molecular formula is C17H30N4O6S. The maximum Gasteiger partial charge on any atom is 0.328 e. The molecule has 5 atom stereocenters. The molecule has 160 valence electrons. The van der Waals surface area contributed by atoms with Gasteiger partial charge in [-0.3, -0.25) is 14.4 Å². The first-order chi connectivity index (χ1) is 13.1. The SMILES string of the molecule is CC(C)C(NC(=O)C1CCCN1)C(=O)NC(CS)C(=O)NC(C(=O)O)C(C)O. The van der Waals surface area contributed by atoms with E-state index in [0.29, 0.717) is 6.42 Å². The molecule has 6 N–H and O–H groups in total. The van der Waals surface area contributed by atoms with Crippen molar-refractivity contribution in [1.29, 1.82) is 0 Å². The fourth-order valence-corrected chi connectivity index (χ4v) is 3.05. The summed E-state index contributed by atoms with van der Waals surface area (Å²) in [5.41, 5.74) is 0. The molecule has 0 aliphatic carbocycles. The first-order valence-corrected chi connectivity index (χ1v) is 9.88. The summed E-state index contributed by atoms with van der Waals surface area (Å²) in [5.74, 6) is -3.37. The van der Waals surface area contributed by atoms with Gasteiger partial charge < -0.3 is 31.5 Å². The molecule has 1 rings (SSSR count). The number of carboxylic acid groups (broad SMARTS) is 1. The highest BCUT2D eigenvalue weighted by atomic mass is 32.1. The minimum atomic E-state index is -1.51. The van der Waals surface area contributed by atoms with Gasteiger partial charge in [0.25, 0.3) is 0 Å². The highest BCUT2D eigenvalue weighted by Crippen LogP contribution is 2.08. The van der Waals surface area contributed by atoms with Crippen molar-refractivity contribution in [2.45, 2.75) is 63.9 Å². The van der Waals surface area contributed by atoms with Crippen LogP contribution in [0, 0.1) is 5.92 Å². The summed E-state index contributed by atoms with van der Waals surface area (Å²) in [6, 6.07) is -3.85. The smallest absolute Gasteiger partial charge is 0.328 e. The Morgan fingerprint density at radius 3 is 2.14 bits per heavy atom. The van der Waals surface area contributed by atoms with E-state index in [1.807, 2.05) is 0 Å². The first-order valence-electron chi connectivity index (χ1n) is 9.24. The molecule has 5 unspecified atom stereocenters. The number of aliphatic carboxylic acids is 1. The summed E-state index contributed by atoms with van der Waals surface area (Å²) in [4.78, 5) is 48.4. The number of nitrogens with one attached hydrogen (secondary N) is 4. The van der Waals surface area contributed by atoms with Crippen LogP contribution in [0.5, 0.6) is 0 Å². The topological polar surface area (TPSA) is 157 Å². The summed E-state index contributed by atoms with van der Waals surface area (Å²) in [6.45, 7) is 5.49. The number of aliphatic hydroxyl groups excluding tert-OH is 1. The van der Waals surface area contributed by atoms with Crippen molar-refractivity contribution in [1.82, 2.24) is 21.3 Å². The van der Waals surface area contributed by atoms with Gasteiger partial charge in [0.1, 0.15) is 12.1 Å². The fraction of sp³-hybridized carbons (Fsp3) is 0.765. The van der Waals surface area contributed by atoms with Crippen molar-refractivity contribution in [3.05, 3.63) is 0 Å². The molecule has 0 bridgehead atoms. The van der Waals surface area contributed by atoms with E-state index in [4.69, 9.17) is 5.11 Å². The zero-order valence-electron chi connectivity index (χ0n) is 16.3. The van der Waals surface area contributed by atoms with Crippen LogP contribution in [-0.2, 0) is 19.2 Å². The third kappa shape index (κ3) is 6.95. The van der Waals surface area contributed by atoms with Gasteiger partial charge in [0.05, 0.1) is 12.1 Å². The van der Waals surface area contributed by atoms with Crippen molar-refractivity contribution in [3.63, 3.8) is 0 Å². The molecule has 1 aliphatic rings. The predicted octanol–water partition coefficient (Wildman–Crippen LogP) is -1.76. The average molecular weight is 419 g/mol. The highest BCUT2D eigenvalue weighted by Gasteiger charge is 2.33. The van der Waals surface area contributed by atoms with Gasteiger partial charge in [-0.2, -0.15) is 12.6 Å². The van der Waals surface area contributed by atoms with Crippen molar-refractivity contribution >= 4 is 36.3 Å². The minimum absolute atomic E-state index is 0.0906. The molecule has 1 fully saturated rings. The summed E-state index contributed by atoms with van der Waals surface area (Å²) < 4.78 is 0. The molecular weight excluding hydrogens is 388 g/mol. The number of carbonyl (C=O) groups is 4. The molecule has 0 radical (unpaired) electrons. The Kier molecular flexibility index (Phi) is 9.70. The van der Waals surface area contributed by atoms with Crippen LogP contribution in [0.25, 0.3) is 0 Å². The Balaban J connectivity index is 2.75. The van der Waals surface area contributed by atoms with E-state index in [9.17, 15) is 24.3 Å². The van der Waals surface area contributed by atoms with Crippen LogP contribution >= 0.6 is 12.6 Å². The first kappa shape index (κ1) is 24.2. The van der Waals surface area contributed by atoms with E-state index < -0.39 is 42.0 Å². The largest absolute Gasteiger partial charge is 0.480 e. The fourth-order valence-electron chi connectivity index (χ4n) is 2.80. The summed E-state index contributed by atoms with van der Waals surface area (Å²) in [6.07, 6.45) is 0.252. The van der Waals surface area contributed by atoms with Crippen LogP contribution in [0.1, 0.15) is 33.6 Å². The lowest BCUT2D eigenvalue weighted by atomic mass is 10.0. The lowest BCUT2D eigenvalue weighted by molar-refractivity contribution is -0.145. The highest BCUT2D eigenvalue weighted by molar-refractivity contribution is 7.80. The Morgan fingerprint density at radius 2 is 1.71 bits per heavy atom. The van der Waals surface area contributed by atoms with E-state index in [1.54, 1.807) is 13.8 Å². The second-order valence-electron chi connectivity index (χ2n) is 7.19. The van der Waals surface area contributed by atoms with E-state index in [1.165, 1.54) is 6.92 Å². The van der Waals surface area contributed by atoms with Crippen molar-refractivity contribution in [2.75, 3.05) is 12.3 Å². The van der Waals surface area contributed by atoms with Gasteiger partial charge in [0.15, 0.2) is 6.04 Å². The van der Waals surface area contributed by atoms with Gasteiger partial charge in [-0.25, -0.2) is 4.79 Å². The van der Waals surface area contributed by atoms with E-state index in [-0.39, 0.29) is 23.6 Å².